The predicted octanol–water partition coefficient (Wildman–Crippen LogP) is 1.97. The summed E-state index contributed by atoms with van der Waals surface area (Å²) >= 11 is 0. The van der Waals surface area contributed by atoms with Gasteiger partial charge >= 0.3 is 0 Å². The molecule has 5 rings (SSSR count). The Morgan fingerprint density at radius 1 is 1.03 bits per heavy atom. The van der Waals surface area contributed by atoms with Crippen molar-refractivity contribution < 1.29 is 9.59 Å². The molecule has 0 radical (unpaired) electrons. The Labute approximate surface area is 201 Å². The van der Waals surface area contributed by atoms with E-state index in [1.807, 2.05) is 59.4 Å². The van der Waals surface area contributed by atoms with Crippen molar-refractivity contribution in [3.05, 3.63) is 70.9 Å². The number of aryl methyl sites for hydroxylation is 1. The number of hydrogen-bond donors (Lipinski definition) is 1. The number of nitrogens with two attached hydrogens (primary N) is 1. The lowest BCUT2D eigenvalue weighted by atomic mass is 9.96. The van der Waals surface area contributed by atoms with Gasteiger partial charge in [0.25, 0.3) is 5.56 Å². The van der Waals surface area contributed by atoms with Gasteiger partial charge < -0.3 is 15.2 Å². The van der Waals surface area contributed by atoms with Crippen LogP contribution in [-0.4, -0.2) is 53.9 Å². The third-order valence-corrected chi connectivity index (χ3v) is 6.67. The molecule has 0 spiro atoms. The lowest BCUT2D eigenvalue weighted by Gasteiger charge is -2.32. The monoisotopic (exact) mass is 473 g/mol. The maximum absolute atomic E-state index is 13.8. The zero-order valence-electron chi connectivity index (χ0n) is 19.7. The molecule has 2 amide bonds. The largest absolute Gasteiger partial charge is 0.369 e. The van der Waals surface area contributed by atoms with Crippen molar-refractivity contribution in [2.75, 3.05) is 13.1 Å². The van der Waals surface area contributed by atoms with Crippen LogP contribution in [0, 0.1) is 12.8 Å². The first-order valence-corrected chi connectivity index (χ1v) is 11.7. The quantitative estimate of drug-likeness (QED) is 0.475. The number of hydrogen-bond acceptors (Lipinski definition) is 5. The number of piperidine rings is 1. The number of amides is 2. The van der Waals surface area contributed by atoms with Crippen molar-refractivity contribution >= 4 is 22.7 Å². The van der Waals surface area contributed by atoms with Crippen LogP contribution in [0.3, 0.4) is 0 Å². The van der Waals surface area contributed by atoms with Crippen LogP contribution in [0.15, 0.2) is 59.7 Å². The van der Waals surface area contributed by atoms with E-state index in [1.165, 1.54) is 4.68 Å². The number of aromatic nitrogens is 5. The van der Waals surface area contributed by atoms with Crippen LogP contribution in [0.2, 0.25) is 0 Å². The number of para-hydroxylation sites is 1. The fraction of sp³-hybridized carbons (Fsp3) is 0.320. The van der Waals surface area contributed by atoms with Crippen molar-refractivity contribution in [2.45, 2.75) is 32.7 Å². The fourth-order valence-electron chi connectivity index (χ4n) is 4.71. The summed E-state index contributed by atoms with van der Waals surface area (Å²) in [4.78, 5) is 40.3. The van der Waals surface area contributed by atoms with E-state index in [0.717, 1.165) is 5.69 Å². The number of benzene rings is 1. The molecule has 1 aliphatic rings. The van der Waals surface area contributed by atoms with E-state index in [-0.39, 0.29) is 23.3 Å². The summed E-state index contributed by atoms with van der Waals surface area (Å²) in [5.41, 5.74) is 6.88. The van der Waals surface area contributed by atoms with Crippen LogP contribution in [0.25, 0.3) is 22.4 Å². The van der Waals surface area contributed by atoms with Crippen LogP contribution in [0.5, 0.6) is 0 Å². The third-order valence-electron chi connectivity index (χ3n) is 6.67. The Balaban J connectivity index is 1.60. The average Bonchev–Trinajstić information content (AvgIpc) is 3.54. The Bertz CT molecular complexity index is 1450. The molecule has 0 saturated carbocycles. The van der Waals surface area contributed by atoms with Crippen molar-refractivity contribution in [2.24, 2.45) is 11.7 Å². The number of carbonyl (C=O) groups excluding carboxylic acids is 2. The van der Waals surface area contributed by atoms with Crippen LogP contribution in [-0.2, 0) is 9.59 Å². The van der Waals surface area contributed by atoms with Gasteiger partial charge in [0.1, 0.15) is 16.9 Å². The van der Waals surface area contributed by atoms with E-state index < -0.39 is 6.04 Å². The molecule has 35 heavy (non-hydrogen) atoms. The number of primary amides is 1. The van der Waals surface area contributed by atoms with E-state index in [2.05, 4.69) is 5.10 Å². The molecule has 2 N–H and O–H groups in total. The smallest absolute Gasteiger partial charge is 0.280 e. The van der Waals surface area contributed by atoms with Crippen molar-refractivity contribution in [3.8, 4) is 11.5 Å². The Kier molecular flexibility index (Phi) is 5.72. The molecule has 1 aromatic carbocycles. The van der Waals surface area contributed by atoms with Gasteiger partial charge in [0, 0.05) is 31.4 Å². The molecule has 1 aliphatic heterocycles. The zero-order chi connectivity index (χ0) is 24.7. The Hall–Kier alpha value is -4.21. The molecule has 180 valence electrons. The Morgan fingerprint density at radius 2 is 1.69 bits per heavy atom. The summed E-state index contributed by atoms with van der Waals surface area (Å²) in [5.74, 6) is -0.180. The van der Waals surface area contributed by atoms with Gasteiger partial charge in [0.15, 0.2) is 5.82 Å². The minimum atomic E-state index is -0.812. The van der Waals surface area contributed by atoms with Gasteiger partial charge in [0.05, 0.1) is 11.4 Å². The molecule has 3 aromatic heterocycles. The fourth-order valence-corrected chi connectivity index (χ4v) is 4.71. The van der Waals surface area contributed by atoms with Crippen LogP contribution in [0.1, 0.15) is 31.5 Å². The minimum absolute atomic E-state index is 0.209. The second kappa shape index (κ2) is 8.86. The van der Waals surface area contributed by atoms with Gasteiger partial charge in [-0.15, -0.1) is 0 Å². The zero-order valence-corrected chi connectivity index (χ0v) is 19.7. The normalized spacial score (nSPS) is 15.4. The first-order chi connectivity index (χ1) is 16.9. The molecule has 4 aromatic rings. The molecule has 0 unspecified atom stereocenters. The first kappa shape index (κ1) is 22.6. The molecule has 10 heteroatoms. The lowest BCUT2D eigenvalue weighted by Crippen LogP contribution is -2.45. The minimum Gasteiger partial charge on any atom is -0.369 e. The Morgan fingerprint density at radius 3 is 2.31 bits per heavy atom. The van der Waals surface area contributed by atoms with Gasteiger partial charge in [0.2, 0.25) is 11.8 Å². The topological polar surface area (TPSA) is 121 Å². The van der Waals surface area contributed by atoms with E-state index in [9.17, 15) is 14.4 Å². The molecule has 1 fully saturated rings. The highest BCUT2D eigenvalue weighted by Crippen LogP contribution is 2.26. The molecule has 1 saturated heterocycles. The van der Waals surface area contributed by atoms with E-state index in [4.69, 9.17) is 10.8 Å². The van der Waals surface area contributed by atoms with Crippen LogP contribution in [0.4, 0.5) is 0 Å². The van der Waals surface area contributed by atoms with Crippen LogP contribution < -0.4 is 11.3 Å². The second-order valence-electron chi connectivity index (χ2n) is 8.90. The van der Waals surface area contributed by atoms with Crippen molar-refractivity contribution in [1.82, 2.24) is 29.0 Å². The summed E-state index contributed by atoms with van der Waals surface area (Å²) in [6.45, 7) is 4.31. The summed E-state index contributed by atoms with van der Waals surface area (Å²) in [5, 5.41) is 9.62. The summed E-state index contributed by atoms with van der Waals surface area (Å²) < 4.78 is 4.82. The van der Waals surface area contributed by atoms with Gasteiger partial charge in [-0.25, -0.2) is 9.36 Å². The van der Waals surface area contributed by atoms with Gasteiger partial charge in [-0.1, -0.05) is 18.2 Å². The van der Waals surface area contributed by atoms with Crippen molar-refractivity contribution in [1.29, 1.82) is 0 Å². The first-order valence-electron chi connectivity index (χ1n) is 11.7. The van der Waals surface area contributed by atoms with E-state index in [0.29, 0.717) is 48.3 Å². The second-order valence-corrected chi connectivity index (χ2v) is 8.90. The average molecular weight is 474 g/mol. The van der Waals surface area contributed by atoms with Gasteiger partial charge in [-0.05, 0) is 51.0 Å². The number of nitrogens with zero attached hydrogens (tertiary/aromatic N) is 6. The molecule has 0 aliphatic carbocycles. The molecule has 4 heterocycles. The van der Waals surface area contributed by atoms with E-state index in [1.54, 1.807) is 23.4 Å². The molecular weight excluding hydrogens is 446 g/mol. The number of likely N-dealkylation sites (tertiary alicyclic amines) is 1. The van der Waals surface area contributed by atoms with E-state index >= 15 is 0 Å². The number of fused-ring (bicyclic) bond motifs is 1. The SMILES string of the molecule is Cc1nn([C@H](C)C(=O)N2CCC(C(N)=O)CC2)c(=O)c2c(-n3cccc3)n(-c3ccccc3)nc12. The number of rotatable bonds is 5. The third kappa shape index (κ3) is 3.90. The molecule has 1 atom stereocenters. The number of carbonyl (C=O) groups is 2. The van der Waals surface area contributed by atoms with Gasteiger partial charge in [-0.3, -0.25) is 14.4 Å². The predicted molar refractivity (Wildman–Crippen MR) is 130 cm³/mol. The maximum atomic E-state index is 13.8. The molecular formula is C25H27N7O3. The molecule has 0 bridgehead atoms. The highest BCUT2D eigenvalue weighted by atomic mass is 16.2. The summed E-state index contributed by atoms with van der Waals surface area (Å²) in [6, 6.07) is 12.5. The summed E-state index contributed by atoms with van der Waals surface area (Å²) in [7, 11) is 0. The van der Waals surface area contributed by atoms with Crippen LogP contribution >= 0.6 is 0 Å². The maximum Gasteiger partial charge on any atom is 0.280 e. The van der Waals surface area contributed by atoms with Crippen molar-refractivity contribution in [3.63, 3.8) is 0 Å². The summed E-state index contributed by atoms with van der Waals surface area (Å²) in [6.07, 6.45) is 4.76. The van der Waals surface area contributed by atoms with Gasteiger partial charge in [-0.2, -0.15) is 10.2 Å². The lowest BCUT2D eigenvalue weighted by molar-refractivity contribution is -0.137. The highest BCUT2D eigenvalue weighted by Gasteiger charge is 2.31. The standard InChI is InChI=1S/C25H27N7O3/c1-16-21-20(23(29-12-6-7-13-29)32(28-21)19-8-4-3-5-9-19)25(35)31(27-16)17(2)24(34)30-14-10-18(11-15-30)22(26)33/h3-9,12-13,17-18H,10-11,14-15H2,1-2H3,(H2,26,33)/t17-/m1/s1. The highest BCUT2D eigenvalue weighted by molar-refractivity contribution is 5.88. The molecule has 10 nitrogen and oxygen atoms in total.